The van der Waals surface area contributed by atoms with Crippen LogP contribution in [0.3, 0.4) is 0 Å². The van der Waals surface area contributed by atoms with Crippen LogP contribution >= 0.6 is 0 Å². The molecule has 2 aromatic heterocycles. The molecular weight excluding hydrogens is 266 g/mol. The highest BCUT2D eigenvalue weighted by Crippen LogP contribution is 2.18. The SMILES string of the molecule is O=C(COc1ccc2ncccc2c1)Nc1ccncc1. The van der Waals surface area contributed by atoms with E-state index in [9.17, 15) is 4.79 Å². The van der Waals surface area contributed by atoms with Crippen LogP contribution in [-0.4, -0.2) is 22.5 Å². The van der Waals surface area contributed by atoms with Crippen LogP contribution in [0.4, 0.5) is 5.69 Å². The minimum Gasteiger partial charge on any atom is -0.484 e. The maximum absolute atomic E-state index is 11.8. The smallest absolute Gasteiger partial charge is 0.262 e. The van der Waals surface area contributed by atoms with E-state index in [1.807, 2.05) is 24.3 Å². The highest BCUT2D eigenvalue weighted by atomic mass is 16.5. The number of nitrogens with one attached hydrogen (secondary N) is 1. The van der Waals surface area contributed by atoms with Gasteiger partial charge in [0.15, 0.2) is 6.61 Å². The molecule has 5 nitrogen and oxygen atoms in total. The summed E-state index contributed by atoms with van der Waals surface area (Å²) in [5, 5.41) is 3.71. The molecule has 0 fully saturated rings. The molecule has 2 heterocycles. The van der Waals surface area contributed by atoms with E-state index in [2.05, 4.69) is 15.3 Å². The van der Waals surface area contributed by atoms with Crippen molar-refractivity contribution in [1.29, 1.82) is 0 Å². The zero-order valence-corrected chi connectivity index (χ0v) is 11.2. The first-order chi connectivity index (χ1) is 10.3. The average Bonchev–Trinajstić information content (AvgIpc) is 2.54. The fourth-order valence-electron chi connectivity index (χ4n) is 1.92. The molecule has 0 spiro atoms. The fraction of sp³-hybridized carbons (Fsp3) is 0.0625. The Hall–Kier alpha value is -2.95. The molecule has 104 valence electrons. The number of hydrogen-bond donors (Lipinski definition) is 1. The highest BCUT2D eigenvalue weighted by molar-refractivity contribution is 5.91. The first-order valence-electron chi connectivity index (χ1n) is 6.49. The quantitative estimate of drug-likeness (QED) is 0.797. The van der Waals surface area contributed by atoms with E-state index >= 15 is 0 Å². The molecule has 1 aromatic carbocycles. The molecule has 0 aliphatic carbocycles. The molecule has 1 N–H and O–H groups in total. The number of fused-ring (bicyclic) bond motifs is 1. The van der Waals surface area contributed by atoms with Gasteiger partial charge < -0.3 is 10.1 Å². The highest BCUT2D eigenvalue weighted by Gasteiger charge is 2.04. The predicted octanol–water partition coefficient (Wildman–Crippen LogP) is 2.65. The molecule has 3 rings (SSSR count). The lowest BCUT2D eigenvalue weighted by atomic mass is 10.2. The summed E-state index contributed by atoms with van der Waals surface area (Å²) in [6.45, 7) is -0.0475. The van der Waals surface area contributed by atoms with Crippen molar-refractivity contribution in [2.75, 3.05) is 11.9 Å². The molecule has 3 aromatic rings. The van der Waals surface area contributed by atoms with E-state index in [-0.39, 0.29) is 12.5 Å². The van der Waals surface area contributed by atoms with E-state index in [4.69, 9.17) is 4.74 Å². The molecule has 0 aliphatic rings. The number of pyridine rings is 2. The van der Waals surface area contributed by atoms with Gasteiger partial charge in [0, 0.05) is 29.7 Å². The maximum Gasteiger partial charge on any atom is 0.262 e. The molecule has 1 amide bonds. The van der Waals surface area contributed by atoms with Gasteiger partial charge >= 0.3 is 0 Å². The van der Waals surface area contributed by atoms with Crippen molar-refractivity contribution in [2.24, 2.45) is 0 Å². The first-order valence-corrected chi connectivity index (χ1v) is 6.49. The second-order valence-corrected chi connectivity index (χ2v) is 4.43. The molecule has 21 heavy (non-hydrogen) atoms. The Kier molecular flexibility index (Phi) is 3.73. The number of carbonyl (C=O) groups excluding carboxylic acids is 1. The summed E-state index contributed by atoms with van der Waals surface area (Å²) in [6.07, 6.45) is 4.98. The molecule has 0 saturated heterocycles. The van der Waals surface area contributed by atoms with Gasteiger partial charge in [0.1, 0.15) is 5.75 Å². The van der Waals surface area contributed by atoms with Gasteiger partial charge in [0.2, 0.25) is 0 Å². The van der Waals surface area contributed by atoms with Crippen LogP contribution in [0.25, 0.3) is 10.9 Å². The summed E-state index contributed by atoms with van der Waals surface area (Å²) >= 11 is 0. The van der Waals surface area contributed by atoms with Crippen molar-refractivity contribution in [3.63, 3.8) is 0 Å². The molecule has 0 atom stereocenters. The zero-order chi connectivity index (χ0) is 14.5. The molecular formula is C16H13N3O2. The third-order valence-corrected chi connectivity index (χ3v) is 2.91. The Bertz CT molecular complexity index is 760. The minimum absolute atomic E-state index is 0.0475. The number of nitrogens with zero attached hydrogens (tertiary/aromatic N) is 2. The second-order valence-electron chi connectivity index (χ2n) is 4.43. The summed E-state index contributed by atoms with van der Waals surface area (Å²) in [7, 11) is 0. The van der Waals surface area contributed by atoms with Gasteiger partial charge in [-0.1, -0.05) is 6.07 Å². The van der Waals surface area contributed by atoms with Gasteiger partial charge in [-0.3, -0.25) is 14.8 Å². The average molecular weight is 279 g/mol. The largest absolute Gasteiger partial charge is 0.484 e. The Labute approximate surface area is 121 Å². The number of carbonyl (C=O) groups is 1. The summed E-state index contributed by atoms with van der Waals surface area (Å²) in [5.41, 5.74) is 1.59. The van der Waals surface area contributed by atoms with Crippen molar-refractivity contribution in [2.45, 2.75) is 0 Å². The van der Waals surface area contributed by atoms with Gasteiger partial charge in [0.05, 0.1) is 5.52 Å². The molecule has 0 unspecified atom stereocenters. The molecule has 0 saturated carbocycles. The van der Waals surface area contributed by atoms with Crippen molar-refractivity contribution in [3.8, 4) is 5.75 Å². The number of anilines is 1. The normalized spacial score (nSPS) is 10.3. The summed E-state index contributed by atoms with van der Waals surface area (Å²) in [4.78, 5) is 19.9. The molecule has 0 bridgehead atoms. The van der Waals surface area contributed by atoms with Crippen LogP contribution in [0.2, 0.25) is 0 Å². The van der Waals surface area contributed by atoms with Crippen LogP contribution in [-0.2, 0) is 4.79 Å². The Morgan fingerprint density at radius 3 is 2.81 bits per heavy atom. The van der Waals surface area contributed by atoms with Gasteiger partial charge in [-0.25, -0.2) is 0 Å². The number of aromatic nitrogens is 2. The summed E-state index contributed by atoms with van der Waals surface area (Å²) in [5.74, 6) is 0.424. The van der Waals surface area contributed by atoms with Gasteiger partial charge in [-0.2, -0.15) is 0 Å². The van der Waals surface area contributed by atoms with Crippen LogP contribution in [0.1, 0.15) is 0 Å². The topological polar surface area (TPSA) is 64.1 Å². The molecule has 0 radical (unpaired) electrons. The second kappa shape index (κ2) is 6.00. The number of hydrogen-bond acceptors (Lipinski definition) is 4. The van der Waals surface area contributed by atoms with Crippen LogP contribution in [0, 0.1) is 0 Å². The van der Waals surface area contributed by atoms with E-state index < -0.39 is 0 Å². The lowest BCUT2D eigenvalue weighted by Crippen LogP contribution is -2.20. The Morgan fingerprint density at radius 2 is 1.95 bits per heavy atom. The number of amides is 1. The lowest BCUT2D eigenvalue weighted by molar-refractivity contribution is -0.118. The predicted molar refractivity (Wildman–Crippen MR) is 80.1 cm³/mol. The van der Waals surface area contributed by atoms with Crippen molar-refractivity contribution in [1.82, 2.24) is 9.97 Å². The standard InChI is InChI=1S/C16H13N3O2/c20-16(19-13-5-8-17-9-6-13)11-21-14-3-4-15-12(10-14)2-1-7-18-15/h1-10H,11H2,(H,17,19,20). The van der Waals surface area contributed by atoms with Crippen molar-refractivity contribution >= 4 is 22.5 Å². The van der Waals surface area contributed by atoms with Crippen LogP contribution in [0.5, 0.6) is 5.75 Å². The first kappa shape index (κ1) is 13.1. The zero-order valence-electron chi connectivity index (χ0n) is 11.2. The minimum atomic E-state index is -0.215. The molecule has 0 aliphatic heterocycles. The van der Waals surface area contributed by atoms with E-state index in [1.165, 1.54) is 0 Å². The summed E-state index contributed by atoms with van der Waals surface area (Å²) < 4.78 is 5.49. The van der Waals surface area contributed by atoms with Crippen LogP contribution in [0.15, 0.2) is 61.1 Å². The maximum atomic E-state index is 11.8. The van der Waals surface area contributed by atoms with Crippen LogP contribution < -0.4 is 10.1 Å². The lowest BCUT2D eigenvalue weighted by Gasteiger charge is -2.08. The van der Waals surface area contributed by atoms with Gasteiger partial charge in [0.25, 0.3) is 5.91 Å². The Balaban J connectivity index is 1.62. The summed E-state index contributed by atoms with van der Waals surface area (Å²) in [6, 6.07) is 12.8. The van der Waals surface area contributed by atoms with E-state index in [1.54, 1.807) is 36.8 Å². The third-order valence-electron chi connectivity index (χ3n) is 2.91. The Morgan fingerprint density at radius 1 is 1.10 bits per heavy atom. The van der Waals surface area contributed by atoms with Crippen molar-refractivity contribution < 1.29 is 9.53 Å². The monoisotopic (exact) mass is 279 g/mol. The third kappa shape index (κ3) is 3.33. The number of benzene rings is 1. The van der Waals surface area contributed by atoms with Crippen molar-refractivity contribution in [3.05, 3.63) is 61.1 Å². The van der Waals surface area contributed by atoms with E-state index in [0.717, 1.165) is 10.9 Å². The van der Waals surface area contributed by atoms with Gasteiger partial charge in [-0.15, -0.1) is 0 Å². The molecule has 5 heteroatoms. The number of rotatable bonds is 4. The van der Waals surface area contributed by atoms with Gasteiger partial charge in [-0.05, 0) is 36.4 Å². The number of ether oxygens (including phenoxy) is 1. The van der Waals surface area contributed by atoms with E-state index in [0.29, 0.717) is 11.4 Å². The fourth-order valence-corrected chi connectivity index (χ4v) is 1.92.